The second-order valence-corrected chi connectivity index (χ2v) is 10.4. The summed E-state index contributed by atoms with van der Waals surface area (Å²) >= 11 is 0. The molecule has 0 radical (unpaired) electrons. The highest BCUT2D eigenvalue weighted by atomic mass is 19.1. The van der Waals surface area contributed by atoms with Crippen molar-refractivity contribution in [2.75, 3.05) is 51.3 Å². The van der Waals surface area contributed by atoms with Crippen molar-refractivity contribution in [2.45, 2.75) is 19.4 Å². The number of hydrogen-bond acceptors (Lipinski definition) is 5. The van der Waals surface area contributed by atoms with Gasteiger partial charge in [-0.3, -0.25) is 14.3 Å². The molecule has 0 N–H and O–H groups in total. The predicted octanol–water partition coefficient (Wildman–Crippen LogP) is 4.73. The summed E-state index contributed by atoms with van der Waals surface area (Å²) in [5, 5.41) is 0. The Hall–Kier alpha value is -3.91. The Morgan fingerprint density at radius 2 is 1.59 bits per heavy atom. The van der Waals surface area contributed by atoms with Crippen LogP contribution < -0.4 is 9.64 Å². The maximum absolute atomic E-state index is 13.6. The van der Waals surface area contributed by atoms with Gasteiger partial charge in [0.1, 0.15) is 17.4 Å². The second-order valence-electron chi connectivity index (χ2n) is 10.4. The van der Waals surface area contributed by atoms with E-state index in [0.717, 1.165) is 86.1 Å². The first-order valence-electron chi connectivity index (χ1n) is 13.7. The Kier molecular flexibility index (Phi) is 7.20. The summed E-state index contributed by atoms with van der Waals surface area (Å²) in [5.74, 6) is 1.90. The normalized spacial score (nSPS) is 17.1. The maximum atomic E-state index is 13.6. The minimum Gasteiger partial charge on any atom is -0.495 e. The zero-order valence-electron chi connectivity index (χ0n) is 22.3. The van der Waals surface area contributed by atoms with Crippen molar-refractivity contribution in [3.63, 3.8) is 0 Å². The van der Waals surface area contributed by atoms with Crippen LogP contribution in [0.1, 0.15) is 18.7 Å². The molecule has 2 fully saturated rings. The molecule has 2 aliphatic rings. The number of imidazole rings is 1. The molecule has 39 heavy (non-hydrogen) atoms. The average Bonchev–Trinajstić information content (AvgIpc) is 3.35. The standard InChI is InChI=1S/C31H34FN5O2/c1-39-29-9-5-4-8-28(29)35-18-20-36(21-19-35)31(38)23-14-16-34(17-15-23)22-30-33-26-6-2-3-7-27(26)37(30)25-12-10-24(32)11-13-25/h2-13,23H,14-22H2,1H3. The van der Waals surface area contributed by atoms with Gasteiger partial charge < -0.3 is 14.5 Å². The molecule has 202 valence electrons. The Bertz CT molecular complexity index is 1440. The lowest BCUT2D eigenvalue weighted by molar-refractivity contribution is -0.137. The number of ether oxygens (including phenoxy) is 1. The summed E-state index contributed by atoms with van der Waals surface area (Å²) in [7, 11) is 1.70. The van der Waals surface area contributed by atoms with Crippen LogP contribution in [0, 0.1) is 11.7 Å². The van der Waals surface area contributed by atoms with Gasteiger partial charge in [0.25, 0.3) is 0 Å². The van der Waals surface area contributed by atoms with Crippen molar-refractivity contribution >= 4 is 22.6 Å². The van der Waals surface area contributed by atoms with Crippen LogP contribution in [0.5, 0.6) is 5.75 Å². The molecule has 0 unspecified atom stereocenters. The number of methoxy groups -OCH3 is 1. The van der Waals surface area contributed by atoms with Crippen molar-refractivity contribution in [1.82, 2.24) is 19.4 Å². The van der Waals surface area contributed by atoms with Gasteiger partial charge in [-0.15, -0.1) is 0 Å². The van der Waals surface area contributed by atoms with Gasteiger partial charge in [-0.2, -0.15) is 0 Å². The van der Waals surface area contributed by atoms with Gasteiger partial charge >= 0.3 is 0 Å². The van der Waals surface area contributed by atoms with Gasteiger partial charge in [0.15, 0.2) is 0 Å². The molecule has 0 bridgehead atoms. The van der Waals surface area contributed by atoms with E-state index in [2.05, 4.69) is 20.4 Å². The monoisotopic (exact) mass is 527 g/mol. The highest BCUT2D eigenvalue weighted by Gasteiger charge is 2.31. The number of benzene rings is 3. The topological polar surface area (TPSA) is 53.8 Å². The number of piperidine rings is 1. The van der Waals surface area contributed by atoms with Crippen molar-refractivity contribution < 1.29 is 13.9 Å². The molecule has 7 nitrogen and oxygen atoms in total. The van der Waals surface area contributed by atoms with Crippen LogP contribution in [0.4, 0.5) is 10.1 Å². The van der Waals surface area contributed by atoms with Gasteiger partial charge in [-0.25, -0.2) is 9.37 Å². The van der Waals surface area contributed by atoms with E-state index in [1.807, 2.05) is 47.4 Å². The minimum atomic E-state index is -0.252. The zero-order chi connectivity index (χ0) is 26.8. The summed E-state index contributed by atoms with van der Waals surface area (Å²) in [4.78, 5) is 25.0. The summed E-state index contributed by atoms with van der Waals surface area (Å²) < 4.78 is 21.3. The average molecular weight is 528 g/mol. The van der Waals surface area contributed by atoms with E-state index in [4.69, 9.17) is 9.72 Å². The second kappa shape index (κ2) is 11.1. The van der Waals surface area contributed by atoms with Crippen LogP contribution in [0.3, 0.4) is 0 Å². The minimum absolute atomic E-state index is 0.0648. The number of amides is 1. The third kappa shape index (κ3) is 5.21. The molecular formula is C31H34FN5O2. The molecule has 3 heterocycles. The molecule has 0 spiro atoms. The molecule has 4 aromatic rings. The fraction of sp³-hybridized carbons (Fsp3) is 0.355. The third-order valence-corrected chi connectivity index (χ3v) is 8.03. The lowest BCUT2D eigenvalue weighted by atomic mass is 9.95. The van der Waals surface area contributed by atoms with Gasteiger partial charge in [0, 0.05) is 37.8 Å². The van der Waals surface area contributed by atoms with Gasteiger partial charge in [0.2, 0.25) is 5.91 Å². The SMILES string of the molecule is COc1ccccc1N1CCN(C(=O)C2CCN(Cc3nc4ccccc4n3-c3ccc(F)cc3)CC2)CC1. The van der Waals surface area contributed by atoms with E-state index in [0.29, 0.717) is 6.54 Å². The summed E-state index contributed by atoms with van der Waals surface area (Å²) in [6.45, 7) is 5.48. The number of carbonyl (C=O) groups excluding carboxylic acids is 1. The molecule has 8 heteroatoms. The van der Waals surface area contributed by atoms with Crippen LogP contribution in [0.25, 0.3) is 16.7 Å². The summed E-state index contributed by atoms with van der Waals surface area (Å²) in [5.41, 5.74) is 3.93. The van der Waals surface area contributed by atoms with Crippen molar-refractivity contribution in [3.8, 4) is 11.4 Å². The molecular weight excluding hydrogens is 493 g/mol. The van der Waals surface area contributed by atoms with E-state index in [9.17, 15) is 9.18 Å². The number of carbonyl (C=O) groups is 1. The van der Waals surface area contributed by atoms with Crippen LogP contribution in [0.2, 0.25) is 0 Å². The van der Waals surface area contributed by atoms with Crippen LogP contribution in [-0.4, -0.2) is 71.6 Å². The number of piperazine rings is 1. The van der Waals surface area contributed by atoms with Gasteiger partial charge in [0.05, 0.1) is 30.4 Å². The molecule has 0 saturated carbocycles. The van der Waals surface area contributed by atoms with Crippen LogP contribution in [-0.2, 0) is 11.3 Å². The molecule has 0 atom stereocenters. The van der Waals surface area contributed by atoms with Crippen molar-refractivity contribution in [2.24, 2.45) is 5.92 Å². The van der Waals surface area contributed by atoms with E-state index in [1.165, 1.54) is 12.1 Å². The highest BCUT2D eigenvalue weighted by Crippen LogP contribution is 2.30. The molecule has 1 amide bonds. The smallest absolute Gasteiger partial charge is 0.225 e. The van der Waals surface area contributed by atoms with E-state index in [1.54, 1.807) is 19.2 Å². The van der Waals surface area contributed by atoms with Gasteiger partial charge in [-0.05, 0) is 74.5 Å². The van der Waals surface area contributed by atoms with Crippen molar-refractivity contribution in [3.05, 3.63) is 84.4 Å². The summed E-state index contributed by atoms with van der Waals surface area (Å²) in [6, 6.07) is 22.7. The maximum Gasteiger partial charge on any atom is 0.225 e. The van der Waals surface area contributed by atoms with Crippen LogP contribution in [0.15, 0.2) is 72.8 Å². The largest absolute Gasteiger partial charge is 0.495 e. The number of fused-ring (bicyclic) bond motifs is 1. The molecule has 2 saturated heterocycles. The lowest BCUT2D eigenvalue weighted by Crippen LogP contribution is -2.51. The number of para-hydroxylation sites is 4. The number of rotatable bonds is 6. The first-order valence-corrected chi connectivity index (χ1v) is 13.7. The quantitative estimate of drug-likeness (QED) is 0.363. The van der Waals surface area contributed by atoms with E-state index >= 15 is 0 Å². The van der Waals surface area contributed by atoms with E-state index in [-0.39, 0.29) is 17.6 Å². The number of halogens is 1. The molecule has 1 aromatic heterocycles. The first kappa shape index (κ1) is 25.4. The Morgan fingerprint density at radius 1 is 0.897 bits per heavy atom. The van der Waals surface area contributed by atoms with Crippen LogP contribution >= 0.6 is 0 Å². The highest BCUT2D eigenvalue weighted by molar-refractivity contribution is 5.80. The van der Waals surface area contributed by atoms with Gasteiger partial charge in [-0.1, -0.05) is 24.3 Å². The zero-order valence-corrected chi connectivity index (χ0v) is 22.3. The molecule has 2 aliphatic heterocycles. The summed E-state index contributed by atoms with van der Waals surface area (Å²) in [6.07, 6.45) is 1.70. The number of nitrogens with zero attached hydrogens (tertiary/aromatic N) is 5. The molecule has 3 aromatic carbocycles. The van der Waals surface area contributed by atoms with E-state index < -0.39 is 0 Å². The Labute approximate surface area is 228 Å². The Balaban J connectivity index is 1.08. The lowest BCUT2D eigenvalue weighted by Gasteiger charge is -2.39. The predicted molar refractivity (Wildman–Crippen MR) is 151 cm³/mol. The third-order valence-electron chi connectivity index (χ3n) is 8.03. The number of hydrogen-bond donors (Lipinski definition) is 0. The first-order chi connectivity index (χ1) is 19.1. The number of likely N-dealkylation sites (tertiary alicyclic amines) is 1. The molecule has 0 aliphatic carbocycles. The molecule has 6 rings (SSSR count). The fourth-order valence-corrected chi connectivity index (χ4v) is 5.92. The number of aromatic nitrogens is 2. The van der Waals surface area contributed by atoms with Crippen molar-refractivity contribution in [1.29, 1.82) is 0 Å². The number of anilines is 1. The Morgan fingerprint density at radius 3 is 2.33 bits per heavy atom. The fourth-order valence-electron chi connectivity index (χ4n) is 5.92.